The van der Waals surface area contributed by atoms with Gasteiger partial charge < -0.3 is 9.84 Å². The fourth-order valence-electron chi connectivity index (χ4n) is 9.94. The largest absolute Gasteiger partial charge is 0.503 e. The number of aryl methyl sites for hydroxylation is 2. The molecule has 3 aromatic heterocycles. The molecule has 1 saturated carbocycles. The predicted molar refractivity (Wildman–Crippen MR) is 223 cm³/mol. The van der Waals surface area contributed by atoms with Gasteiger partial charge in [-0.05, 0) is 91.6 Å². The number of halogens is 6. The number of nitrogens with zero attached hydrogens (tertiary/aromatic N) is 6. The van der Waals surface area contributed by atoms with Crippen molar-refractivity contribution in [1.29, 1.82) is 0 Å². The molecule has 2 saturated heterocycles. The summed E-state index contributed by atoms with van der Waals surface area (Å²) in [6.45, 7) is 3.64. The maximum Gasteiger partial charge on any atom is 0.433 e. The predicted octanol–water partition coefficient (Wildman–Crippen LogP) is 8.98. The van der Waals surface area contributed by atoms with Crippen LogP contribution in [0.3, 0.4) is 0 Å². The van der Waals surface area contributed by atoms with Crippen LogP contribution in [-0.2, 0) is 32.4 Å². The first-order chi connectivity index (χ1) is 28.8. The quantitative estimate of drug-likeness (QED) is 0.131. The number of fused-ring (bicyclic) bond motifs is 5. The highest BCUT2D eigenvalue weighted by molar-refractivity contribution is 7.22. The lowest BCUT2D eigenvalue weighted by molar-refractivity contribution is -0.141. The number of ether oxygens (including phenoxy) is 1. The van der Waals surface area contributed by atoms with Crippen LogP contribution in [0.4, 0.5) is 24.8 Å². The van der Waals surface area contributed by atoms with Gasteiger partial charge in [0.05, 0.1) is 45.2 Å². The molecule has 4 aliphatic rings. The summed E-state index contributed by atoms with van der Waals surface area (Å²) in [5.74, 6) is -7.87. The van der Waals surface area contributed by atoms with Crippen LogP contribution in [-0.4, -0.2) is 62.7 Å². The van der Waals surface area contributed by atoms with Crippen molar-refractivity contribution >= 4 is 91.5 Å². The fraction of sp³-hybridized carbons (Fsp3) is 0.333. The average Bonchev–Trinajstić information content (AvgIpc) is 3.88. The zero-order chi connectivity index (χ0) is 43.8. The molecule has 0 bridgehead atoms. The van der Waals surface area contributed by atoms with Crippen molar-refractivity contribution in [2.75, 3.05) is 24.1 Å². The van der Waals surface area contributed by atoms with E-state index in [4.69, 9.17) is 44.6 Å². The SMILES string of the molecule is COc1cc(C2C3=CCC4C(=O)N(N(C)c5nc(C(F)(F)F)ccc5Cl)C(=O)C4C3CC3C(=O)N(c4cc(-c5sc6ccc(Cl)cc6c5C)nn4C)C(=O)C32C)cc(Cl)c1O. The Kier molecular flexibility index (Phi) is 9.59. The lowest BCUT2D eigenvalue weighted by atomic mass is 9.51. The van der Waals surface area contributed by atoms with Crippen LogP contribution in [0.5, 0.6) is 11.5 Å². The number of hydrogen-bond donors (Lipinski definition) is 1. The Bertz CT molecular complexity index is 2810. The van der Waals surface area contributed by atoms with Crippen LogP contribution in [0.2, 0.25) is 15.1 Å². The molecule has 2 aromatic carbocycles. The highest BCUT2D eigenvalue weighted by atomic mass is 35.5. The molecular weight excluding hydrogens is 880 g/mol. The number of hydrazine groups is 1. The molecule has 0 radical (unpaired) electrons. The summed E-state index contributed by atoms with van der Waals surface area (Å²) in [6.07, 6.45) is -3.03. The molecule has 6 unspecified atom stereocenters. The number of rotatable bonds is 6. The number of phenols is 1. The molecule has 9 rings (SSSR count). The van der Waals surface area contributed by atoms with Crippen LogP contribution in [0.15, 0.2) is 60.2 Å². The van der Waals surface area contributed by atoms with Gasteiger partial charge in [0.25, 0.3) is 11.8 Å². The summed E-state index contributed by atoms with van der Waals surface area (Å²) in [4.78, 5) is 64.7. The van der Waals surface area contributed by atoms with Crippen molar-refractivity contribution in [2.45, 2.75) is 38.8 Å². The second-order valence-corrected chi connectivity index (χ2v) is 18.2. The summed E-state index contributed by atoms with van der Waals surface area (Å²) >= 11 is 20.7. The first-order valence-corrected chi connectivity index (χ1v) is 21.0. The van der Waals surface area contributed by atoms with E-state index in [1.807, 2.05) is 19.1 Å². The fourth-order valence-corrected chi connectivity index (χ4v) is 11.7. The summed E-state index contributed by atoms with van der Waals surface area (Å²) in [7, 11) is 4.21. The number of alkyl halides is 3. The highest BCUT2D eigenvalue weighted by Gasteiger charge is 2.68. The molecule has 2 aliphatic heterocycles. The van der Waals surface area contributed by atoms with Gasteiger partial charge >= 0.3 is 6.18 Å². The topological polar surface area (TPSA) is 138 Å². The Labute approximate surface area is 365 Å². The zero-order valence-corrected chi connectivity index (χ0v) is 35.9. The van der Waals surface area contributed by atoms with Crippen molar-refractivity contribution in [3.8, 4) is 22.1 Å². The summed E-state index contributed by atoms with van der Waals surface area (Å²) in [5, 5.41) is 18.4. The Morgan fingerprint density at radius 3 is 2.43 bits per heavy atom. The smallest absolute Gasteiger partial charge is 0.433 e. The number of allylic oxidation sites excluding steroid dienone is 2. The first-order valence-electron chi connectivity index (χ1n) is 19.0. The first kappa shape index (κ1) is 41.2. The molecule has 1 N–H and O–H groups in total. The third kappa shape index (κ3) is 5.99. The van der Waals surface area contributed by atoms with Gasteiger partial charge in [0.15, 0.2) is 17.3 Å². The normalized spacial score (nSPS) is 25.0. The number of thiophene rings is 1. The van der Waals surface area contributed by atoms with Crippen LogP contribution in [0, 0.1) is 36.0 Å². The minimum atomic E-state index is -4.84. The Hall–Kier alpha value is -5.16. The van der Waals surface area contributed by atoms with Crippen molar-refractivity contribution in [3.05, 3.63) is 92.1 Å². The standard InChI is InChI=1S/C42H34Cl3F3N6O6S/c1-17-22-14-19(43)6-10-29(22)61-35(17)27-16-31(51(3)50-27)53-38(57)24-15-23-20(33(41(24,2)40(53)59)18-12-26(45)34(55)28(13-18)60-5)7-8-21-32(23)39(58)54(37(21)56)52(4)36-25(44)9-11-30(49-36)42(46,47)48/h6-7,9-14,16,21,23-24,32-33,55H,8,15H2,1-5H3. The van der Waals surface area contributed by atoms with E-state index in [0.29, 0.717) is 27.9 Å². The number of carbonyl (C=O) groups is 4. The summed E-state index contributed by atoms with van der Waals surface area (Å²) in [5.41, 5.74) is -0.289. The van der Waals surface area contributed by atoms with Crippen LogP contribution >= 0.6 is 46.1 Å². The lowest BCUT2D eigenvalue weighted by Gasteiger charge is -2.49. The van der Waals surface area contributed by atoms with Gasteiger partial charge in [-0.1, -0.05) is 46.5 Å². The van der Waals surface area contributed by atoms with E-state index in [9.17, 15) is 32.7 Å². The van der Waals surface area contributed by atoms with Crippen molar-refractivity contribution in [2.24, 2.45) is 36.1 Å². The number of hydrogen-bond acceptors (Lipinski definition) is 10. The molecule has 19 heteroatoms. The second kappa shape index (κ2) is 14.2. The average molecular weight is 914 g/mol. The maximum absolute atomic E-state index is 15.2. The number of imide groups is 2. The van der Waals surface area contributed by atoms with E-state index in [1.165, 1.54) is 42.3 Å². The number of amides is 4. The molecule has 4 amide bonds. The Morgan fingerprint density at radius 1 is 0.984 bits per heavy atom. The molecule has 316 valence electrons. The number of benzene rings is 2. The van der Waals surface area contributed by atoms with Gasteiger partial charge in [0.1, 0.15) is 17.2 Å². The van der Waals surface area contributed by atoms with Gasteiger partial charge in [-0.15, -0.1) is 11.3 Å². The van der Waals surface area contributed by atoms with Crippen molar-refractivity contribution < 1.29 is 42.2 Å². The number of pyridine rings is 1. The maximum atomic E-state index is 15.2. The number of anilines is 2. The minimum absolute atomic E-state index is 0.00865. The Balaban J connectivity index is 1.14. The third-order valence-corrected chi connectivity index (χ3v) is 14.9. The van der Waals surface area contributed by atoms with E-state index in [1.54, 1.807) is 32.2 Å². The van der Waals surface area contributed by atoms with E-state index in [-0.39, 0.29) is 40.2 Å². The molecule has 61 heavy (non-hydrogen) atoms. The molecule has 3 fully saturated rings. The van der Waals surface area contributed by atoms with Crippen LogP contribution in [0.1, 0.15) is 42.5 Å². The summed E-state index contributed by atoms with van der Waals surface area (Å²) in [6, 6.07) is 12.0. The Morgan fingerprint density at radius 2 is 1.72 bits per heavy atom. The summed E-state index contributed by atoms with van der Waals surface area (Å²) < 4.78 is 49.1. The number of phenolic OH excluding ortho intramolecular Hbond substituents is 1. The molecule has 5 aromatic rings. The molecule has 6 atom stereocenters. The van der Waals surface area contributed by atoms with Gasteiger partial charge in [0.2, 0.25) is 11.8 Å². The van der Waals surface area contributed by atoms with E-state index < -0.39 is 76.3 Å². The van der Waals surface area contributed by atoms with Crippen molar-refractivity contribution in [3.63, 3.8) is 0 Å². The molecular formula is C42H34Cl3F3N6O6S. The van der Waals surface area contributed by atoms with E-state index >= 15 is 4.79 Å². The monoisotopic (exact) mass is 912 g/mol. The molecule has 5 heterocycles. The van der Waals surface area contributed by atoms with Crippen LogP contribution in [0.25, 0.3) is 20.7 Å². The van der Waals surface area contributed by atoms with E-state index in [2.05, 4.69) is 4.98 Å². The lowest BCUT2D eigenvalue weighted by Crippen LogP contribution is -2.49. The third-order valence-electron chi connectivity index (χ3n) is 12.8. The minimum Gasteiger partial charge on any atom is -0.503 e. The second-order valence-electron chi connectivity index (χ2n) is 15.9. The van der Waals surface area contributed by atoms with E-state index in [0.717, 1.165) is 41.5 Å². The van der Waals surface area contributed by atoms with Gasteiger partial charge in [-0.2, -0.15) is 23.3 Å². The number of aromatic nitrogens is 3. The van der Waals surface area contributed by atoms with Gasteiger partial charge in [0, 0.05) is 35.8 Å². The van der Waals surface area contributed by atoms with Crippen LogP contribution < -0.4 is 14.6 Å². The number of aromatic hydroxyl groups is 1. The van der Waals surface area contributed by atoms with Gasteiger partial charge in [-0.25, -0.2) is 9.88 Å². The molecule has 0 spiro atoms. The van der Waals surface area contributed by atoms with Crippen molar-refractivity contribution in [1.82, 2.24) is 19.8 Å². The number of methoxy groups -OCH3 is 1. The van der Waals surface area contributed by atoms with Gasteiger partial charge in [-0.3, -0.25) is 28.9 Å². The zero-order valence-electron chi connectivity index (χ0n) is 32.8. The molecule has 12 nitrogen and oxygen atoms in total. The molecule has 2 aliphatic carbocycles. The number of carbonyl (C=O) groups excluding carboxylic acids is 4. The highest BCUT2D eigenvalue weighted by Crippen LogP contribution is 2.64.